The number of hydrogen-bond acceptors (Lipinski definition) is 3. The molecule has 2 aromatic rings. The number of anilines is 1. The van der Waals surface area contributed by atoms with E-state index in [1.165, 1.54) is 0 Å². The molecule has 0 spiro atoms. The number of fused-ring (bicyclic) bond motifs is 1. The van der Waals surface area contributed by atoms with E-state index in [0.717, 1.165) is 42.2 Å². The van der Waals surface area contributed by atoms with Gasteiger partial charge in [-0.15, -0.1) is 0 Å². The van der Waals surface area contributed by atoms with E-state index in [2.05, 4.69) is 35.3 Å². The Bertz CT molecular complexity index is 511. The number of aryl methyl sites for hydroxylation is 1. The average Bonchev–Trinajstić information content (AvgIpc) is 2.62. The summed E-state index contributed by atoms with van der Waals surface area (Å²) in [6.45, 7) is 7.32. The lowest BCUT2D eigenvalue weighted by Gasteiger charge is -2.17. The van der Waals surface area contributed by atoms with Crippen LogP contribution in [0.1, 0.15) is 19.7 Å². The van der Waals surface area contributed by atoms with Crippen LogP contribution in [0.3, 0.4) is 0 Å². The van der Waals surface area contributed by atoms with Crippen LogP contribution < -0.4 is 5.73 Å². The minimum Gasteiger partial charge on any atom is -0.399 e. The summed E-state index contributed by atoms with van der Waals surface area (Å²) in [4.78, 5) is 7.00. The molecule has 0 bridgehead atoms. The fraction of sp³-hybridized carbons (Fsp3) is 0.462. The number of rotatable bonds is 4. The van der Waals surface area contributed by atoms with E-state index in [-0.39, 0.29) is 0 Å². The van der Waals surface area contributed by atoms with Crippen LogP contribution in [0.25, 0.3) is 11.0 Å². The molecule has 0 saturated carbocycles. The van der Waals surface area contributed by atoms with Gasteiger partial charge in [0.15, 0.2) is 0 Å². The molecule has 0 aliphatic heterocycles. The second kappa shape index (κ2) is 4.75. The van der Waals surface area contributed by atoms with E-state index in [9.17, 15) is 0 Å². The first kappa shape index (κ1) is 11.9. The molecule has 1 heterocycles. The molecule has 17 heavy (non-hydrogen) atoms. The van der Waals surface area contributed by atoms with E-state index in [1.54, 1.807) is 0 Å². The van der Waals surface area contributed by atoms with Crippen LogP contribution in [0, 0.1) is 0 Å². The molecule has 0 fully saturated rings. The van der Waals surface area contributed by atoms with E-state index in [0.29, 0.717) is 0 Å². The normalized spacial score (nSPS) is 11.5. The Morgan fingerprint density at radius 2 is 2.00 bits per heavy atom. The number of nitrogens with zero attached hydrogens (tertiary/aromatic N) is 3. The lowest BCUT2D eigenvalue weighted by Crippen LogP contribution is -2.23. The highest BCUT2D eigenvalue weighted by Gasteiger charge is 2.10. The van der Waals surface area contributed by atoms with E-state index in [4.69, 9.17) is 5.73 Å². The van der Waals surface area contributed by atoms with Crippen molar-refractivity contribution in [3.63, 3.8) is 0 Å². The third-order valence-electron chi connectivity index (χ3n) is 3.26. The summed E-state index contributed by atoms with van der Waals surface area (Å²) in [7, 11) is 2.06. The van der Waals surface area contributed by atoms with E-state index in [1.807, 2.05) is 18.2 Å². The fourth-order valence-corrected chi connectivity index (χ4v) is 2.06. The summed E-state index contributed by atoms with van der Waals surface area (Å²) in [5.41, 5.74) is 8.67. The van der Waals surface area contributed by atoms with Crippen LogP contribution in [0.2, 0.25) is 0 Å². The fourth-order valence-electron chi connectivity index (χ4n) is 2.06. The lowest BCUT2D eigenvalue weighted by atomic mass is 10.3. The molecule has 0 unspecified atom stereocenters. The number of benzene rings is 1. The van der Waals surface area contributed by atoms with Crippen molar-refractivity contribution >= 4 is 16.7 Å². The maximum atomic E-state index is 5.78. The third-order valence-corrected chi connectivity index (χ3v) is 3.26. The van der Waals surface area contributed by atoms with Crippen LogP contribution in [-0.4, -0.2) is 27.5 Å². The van der Waals surface area contributed by atoms with Crippen LogP contribution in [0.15, 0.2) is 18.2 Å². The van der Waals surface area contributed by atoms with Crippen LogP contribution >= 0.6 is 0 Å². The molecule has 4 heteroatoms. The molecule has 4 nitrogen and oxygen atoms in total. The SMILES string of the molecule is CCN(CC)Cc1nc2cc(N)ccc2n1C. The Morgan fingerprint density at radius 3 is 2.65 bits per heavy atom. The smallest absolute Gasteiger partial charge is 0.123 e. The molecule has 1 aromatic carbocycles. The molecule has 0 radical (unpaired) electrons. The van der Waals surface area contributed by atoms with E-state index >= 15 is 0 Å². The maximum Gasteiger partial charge on any atom is 0.123 e. The lowest BCUT2D eigenvalue weighted by molar-refractivity contribution is 0.286. The molecule has 0 saturated heterocycles. The molecular weight excluding hydrogens is 212 g/mol. The molecular formula is C13H20N4. The molecule has 92 valence electrons. The zero-order valence-electron chi connectivity index (χ0n) is 10.8. The van der Waals surface area contributed by atoms with Gasteiger partial charge in [0.25, 0.3) is 0 Å². The third kappa shape index (κ3) is 2.26. The standard InChI is InChI=1S/C13H20N4/c1-4-17(5-2)9-13-15-11-8-10(14)6-7-12(11)16(13)3/h6-8H,4-5,9,14H2,1-3H3. The molecule has 1 aromatic heterocycles. The highest BCUT2D eigenvalue weighted by molar-refractivity contribution is 5.79. The van der Waals surface area contributed by atoms with Crippen molar-refractivity contribution in [2.75, 3.05) is 18.8 Å². The van der Waals surface area contributed by atoms with Gasteiger partial charge in [-0.1, -0.05) is 13.8 Å². The van der Waals surface area contributed by atoms with Crippen molar-refractivity contribution in [1.82, 2.24) is 14.5 Å². The highest BCUT2D eigenvalue weighted by Crippen LogP contribution is 2.18. The molecule has 2 N–H and O–H groups in total. The second-order valence-electron chi connectivity index (χ2n) is 4.30. The zero-order chi connectivity index (χ0) is 12.4. The Kier molecular flexibility index (Phi) is 3.33. The first-order valence-corrected chi connectivity index (χ1v) is 6.08. The van der Waals surface area contributed by atoms with Gasteiger partial charge in [0.1, 0.15) is 5.82 Å². The van der Waals surface area contributed by atoms with Crippen LogP contribution in [0.5, 0.6) is 0 Å². The Labute approximate surface area is 102 Å². The number of nitrogens with two attached hydrogens (primary N) is 1. The first-order valence-electron chi connectivity index (χ1n) is 6.08. The minimum absolute atomic E-state index is 0.769. The number of imidazole rings is 1. The Hall–Kier alpha value is -1.55. The largest absolute Gasteiger partial charge is 0.399 e. The summed E-state index contributed by atoms with van der Waals surface area (Å²) < 4.78 is 2.15. The Morgan fingerprint density at radius 1 is 1.29 bits per heavy atom. The highest BCUT2D eigenvalue weighted by atomic mass is 15.2. The number of hydrogen-bond donors (Lipinski definition) is 1. The molecule has 0 atom stereocenters. The van der Waals surface area contributed by atoms with Gasteiger partial charge in [0, 0.05) is 12.7 Å². The quantitative estimate of drug-likeness (QED) is 0.820. The Balaban J connectivity index is 2.38. The summed E-state index contributed by atoms with van der Waals surface area (Å²) in [6.07, 6.45) is 0. The van der Waals surface area contributed by atoms with Gasteiger partial charge in [-0.2, -0.15) is 0 Å². The first-order chi connectivity index (χ1) is 8.15. The van der Waals surface area contributed by atoms with Crippen molar-refractivity contribution in [2.24, 2.45) is 7.05 Å². The van der Waals surface area contributed by atoms with Crippen molar-refractivity contribution in [3.8, 4) is 0 Å². The molecule has 0 amide bonds. The monoisotopic (exact) mass is 232 g/mol. The zero-order valence-corrected chi connectivity index (χ0v) is 10.8. The maximum absolute atomic E-state index is 5.78. The van der Waals surface area contributed by atoms with Gasteiger partial charge >= 0.3 is 0 Å². The van der Waals surface area contributed by atoms with Crippen molar-refractivity contribution in [1.29, 1.82) is 0 Å². The predicted octanol–water partition coefficient (Wildman–Crippen LogP) is 2.00. The van der Waals surface area contributed by atoms with Crippen LogP contribution in [0.4, 0.5) is 5.69 Å². The predicted molar refractivity (Wildman–Crippen MR) is 71.8 cm³/mol. The van der Waals surface area contributed by atoms with Crippen LogP contribution in [-0.2, 0) is 13.6 Å². The topological polar surface area (TPSA) is 47.1 Å². The van der Waals surface area contributed by atoms with Gasteiger partial charge in [0.05, 0.1) is 17.6 Å². The van der Waals surface area contributed by atoms with Crippen molar-refractivity contribution in [2.45, 2.75) is 20.4 Å². The van der Waals surface area contributed by atoms with E-state index < -0.39 is 0 Å². The molecule has 2 rings (SSSR count). The molecule has 0 aliphatic rings. The molecule has 0 aliphatic carbocycles. The van der Waals surface area contributed by atoms with Gasteiger partial charge < -0.3 is 10.3 Å². The van der Waals surface area contributed by atoms with Crippen molar-refractivity contribution < 1.29 is 0 Å². The average molecular weight is 232 g/mol. The second-order valence-corrected chi connectivity index (χ2v) is 4.30. The van der Waals surface area contributed by atoms with Gasteiger partial charge in [-0.3, -0.25) is 4.90 Å². The van der Waals surface area contributed by atoms with Gasteiger partial charge in [0.2, 0.25) is 0 Å². The minimum atomic E-state index is 0.769. The number of aromatic nitrogens is 2. The van der Waals surface area contributed by atoms with Gasteiger partial charge in [-0.25, -0.2) is 4.98 Å². The van der Waals surface area contributed by atoms with Crippen molar-refractivity contribution in [3.05, 3.63) is 24.0 Å². The number of nitrogen functional groups attached to an aromatic ring is 1. The summed E-state index contributed by atoms with van der Waals surface area (Å²) >= 11 is 0. The summed E-state index contributed by atoms with van der Waals surface area (Å²) in [5, 5.41) is 0. The summed E-state index contributed by atoms with van der Waals surface area (Å²) in [6, 6.07) is 5.88. The summed E-state index contributed by atoms with van der Waals surface area (Å²) in [5.74, 6) is 1.09. The van der Waals surface area contributed by atoms with Gasteiger partial charge in [-0.05, 0) is 31.3 Å².